The number of hydrogen-bond acceptors (Lipinski definition) is 1. The van der Waals surface area contributed by atoms with Gasteiger partial charge < -0.3 is 10.3 Å². The van der Waals surface area contributed by atoms with Crippen molar-refractivity contribution in [1.29, 1.82) is 0 Å². The van der Waals surface area contributed by atoms with Crippen molar-refractivity contribution in [3.8, 4) is 0 Å². The Labute approximate surface area is 92.4 Å². The molecule has 1 atom stereocenters. The lowest BCUT2D eigenvalue weighted by Crippen LogP contribution is -2.21. The molecule has 0 fully saturated rings. The minimum atomic E-state index is -0.386. The van der Waals surface area contributed by atoms with Crippen LogP contribution in [0.4, 0.5) is 4.39 Å². The van der Waals surface area contributed by atoms with Gasteiger partial charge in [0.2, 0.25) is 0 Å². The highest BCUT2D eigenvalue weighted by Crippen LogP contribution is 2.27. The Morgan fingerprint density at radius 2 is 2.20 bits per heavy atom. The topological polar surface area (TPSA) is 30.9 Å². The zero-order valence-electron chi connectivity index (χ0n) is 8.37. The summed E-state index contributed by atoms with van der Waals surface area (Å²) >= 11 is 5.86. The maximum Gasteiger partial charge on any atom is 0.142 e. The van der Waals surface area contributed by atoms with Crippen LogP contribution in [0, 0.1) is 5.82 Å². The first-order valence-electron chi connectivity index (χ1n) is 4.78. The Kier molecular flexibility index (Phi) is 2.67. The molecule has 0 unspecified atom stereocenters. The minimum Gasteiger partial charge on any atom is -0.346 e. The van der Waals surface area contributed by atoms with E-state index in [-0.39, 0.29) is 16.9 Å². The Balaban J connectivity index is 2.57. The van der Waals surface area contributed by atoms with E-state index in [0.29, 0.717) is 6.54 Å². The zero-order chi connectivity index (χ0) is 11.0. The average Bonchev–Trinajstić information content (AvgIpc) is 2.55. The highest BCUT2D eigenvalue weighted by Gasteiger charge is 2.09. The molecule has 2 aromatic rings. The average molecular weight is 227 g/mol. The quantitative estimate of drug-likeness (QED) is 0.839. The summed E-state index contributed by atoms with van der Waals surface area (Å²) in [5.41, 5.74) is 6.63. The smallest absolute Gasteiger partial charge is 0.142 e. The van der Waals surface area contributed by atoms with E-state index in [0.717, 1.165) is 10.9 Å². The van der Waals surface area contributed by atoms with E-state index in [1.54, 1.807) is 6.07 Å². The molecule has 0 amide bonds. The summed E-state index contributed by atoms with van der Waals surface area (Å²) in [7, 11) is 0. The fourth-order valence-electron chi connectivity index (χ4n) is 1.68. The Bertz CT molecular complexity index is 491. The molecule has 1 aromatic heterocycles. The number of halogens is 2. The van der Waals surface area contributed by atoms with Crippen LogP contribution in [0.15, 0.2) is 24.4 Å². The predicted molar refractivity (Wildman–Crippen MR) is 60.6 cm³/mol. The molecule has 0 aliphatic rings. The summed E-state index contributed by atoms with van der Waals surface area (Å²) < 4.78 is 15.1. The number of aromatic nitrogens is 1. The summed E-state index contributed by atoms with van der Waals surface area (Å²) in [6.07, 6.45) is 1.87. The molecule has 1 heterocycles. The van der Waals surface area contributed by atoms with E-state index in [1.165, 1.54) is 6.07 Å². The number of nitrogens with zero attached hydrogens (tertiary/aromatic N) is 1. The van der Waals surface area contributed by atoms with Crippen LogP contribution < -0.4 is 5.73 Å². The van der Waals surface area contributed by atoms with Gasteiger partial charge in [0.1, 0.15) is 5.82 Å². The molecule has 0 radical (unpaired) electrons. The first-order valence-corrected chi connectivity index (χ1v) is 5.16. The van der Waals surface area contributed by atoms with E-state index in [9.17, 15) is 4.39 Å². The summed E-state index contributed by atoms with van der Waals surface area (Å²) in [4.78, 5) is 0. The van der Waals surface area contributed by atoms with Crippen molar-refractivity contribution in [3.05, 3.63) is 35.2 Å². The second-order valence-corrected chi connectivity index (χ2v) is 4.12. The fraction of sp³-hybridized carbons (Fsp3) is 0.273. The summed E-state index contributed by atoms with van der Waals surface area (Å²) in [6, 6.07) is 4.97. The molecule has 1 aromatic carbocycles. The second kappa shape index (κ2) is 3.83. The van der Waals surface area contributed by atoms with E-state index >= 15 is 0 Å². The van der Waals surface area contributed by atoms with Crippen molar-refractivity contribution in [2.24, 2.45) is 5.73 Å². The van der Waals surface area contributed by atoms with Crippen LogP contribution in [0.5, 0.6) is 0 Å². The van der Waals surface area contributed by atoms with Gasteiger partial charge in [-0.25, -0.2) is 4.39 Å². The standard InChI is InChI=1S/C11H12ClFN2/c1-7(14)6-15-5-4-8-10(15)3-2-9(13)11(8)12/h2-5,7H,6,14H2,1H3/t7-/m1/s1. The predicted octanol–water partition coefficient (Wildman–Crippen LogP) is 2.78. The Hall–Kier alpha value is -1.06. The van der Waals surface area contributed by atoms with Gasteiger partial charge in [0.05, 0.1) is 5.02 Å². The number of hydrogen-bond donors (Lipinski definition) is 1. The van der Waals surface area contributed by atoms with Crippen molar-refractivity contribution < 1.29 is 4.39 Å². The normalized spacial score (nSPS) is 13.3. The van der Waals surface area contributed by atoms with Gasteiger partial charge in [0.15, 0.2) is 0 Å². The molecule has 0 aliphatic carbocycles. The van der Waals surface area contributed by atoms with Gasteiger partial charge in [-0.2, -0.15) is 0 Å². The molecule has 0 bridgehead atoms. The molecule has 0 aliphatic heterocycles. The molecule has 2 N–H and O–H groups in total. The van der Waals surface area contributed by atoms with Crippen LogP contribution in [0.1, 0.15) is 6.92 Å². The lowest BCUT2D eigenvalue weighted by Gasteiger charge is -2.08. The van der Waals surface area contributed by atoms with Crippen LogP contribution in [-0.2, 0) is 6.54 Å². The van der Waals surface area contributed by atoms with Crippen LogP contribution in [-0.4, -0.2) is 10.6 Å². The van der Waals surface area contributed by atoms with Crippen molar-refractivity contribution in [2.75, 3.05) is 0 Å². The highest BCUT2D eigenvalue weighted by molar-refractivity contribution is 6.35. The first kappa shape index (κ1) is 10.5. The van der Waals surface area contributed by atoms with Crippen molar-refractivity contribution in [1.82, 2.24) is 4.57 Å². The summed E-state index contributed by atoms with van der Waals surface area (Å²) in [5.74, 6) is -0.386. The highest BCUT2D eigenvalue weighted by atomic mass is 35.5. The number of benzene rings is 1. The molecule has 4 heteroatoms. The third-order valence-corrected chi connectivity index (χ3v) is 2.71. The molecule has 0 saturated carbocycles. The molecule has 80 valence electrons. The van der Waals surface area contributed by atoms with E-state index < -0.39 is 0 Å². The van der Waals surface area contributed by atoms with Gasteiger partial charge in [0, 0.05) is 29.7 Å². The number of fused-ring (bicyclic) bond motifs is 1. The maximum absolute atomic E-state index is 13.2. The molecule has 0 saturated heterocycles. The van der Waals surface area contributed by atoms with Gasteiger partial charge >= 0.3 is 0 Å². The van der Waals surface area contributed by atoms with Gasteiger partial charge in [0.25, 0.3) is 0 Å². The fourth-order valence-corrected chi connectivity index (χ4v) is 1.90. The number of nitrogens with two attached hydrogens (primary N) is 1. The van der Waals surface area contributed by atoms with E-state index in [2.05, 4.69) is 0 Å². The molecule has 2 nitrogen and oxygen atoms in total. The van der Waals surface area contributed by atoms with Gasteiger partial charge in [-0.3, -0.25) is 0 Å². The molecular formula is C11H12ClFN2. The van der Waals surface area contributed by atoms with Crippen LogP contribution in [0.2, 0.25) is 5.02 Å². The summed E-state index contributed by atoms with van der Waals surface area (Å²) in [5, 5.41) is 0.910. The van der Waals surface area contributed by atoms with Gasteiger partial charge in [-0.1, -0.05) is 11.6 Å². The van der Waals surface area contributed by atoms with Crippen LogP contribution >= 0.6 is 11.6 Å². The lowest BCUT2D eigenvalue weighted by atomic mass is 10.2. The van der Waals surface area contributed by atoms with Crippen molar-refractivity contribution in [2.45, 2.75) is 19.5 Å². The van der Waals surface area contributed by atoms with E-state index in [4.69, 9.17) is 17.3 Å². The molecule has 0 spiro atoms. The first-order chi connectivity index (χ1) is 7.09. The van der Waals surface area contributed by atoms with Crippen LogP contribution in [0.3, 0.4) is 0 Å². The Morgan fingerprint density at radius 1 is 1.47 bits per heavy atom. The van der Waals surface area contributed by atoms with Gasteiger partial charge in [-0.05, 0) is 25.1 Å². The van der Waals surface area contributed by atoms with E-state index in [1.807, 2.05) is 23.8 Å². The van der Waals surface area contributed by atoms with Crippen molar-refractivity contribution >= 4 is 22.5 Å². The third-order valence-electron chi connectivity index (χ3n) is 2.32. The third kappa shape index (κ3) is 1.85. The largest absolute Gasteiger partial charge is 0.346 e. The number of rotatable bonds is 2. The Morgan fingerprint density at radius 3 is 2.87 bits per heavy atom. The summed E-state index contributed by atoms with van der Waals surface area (Å²) in [6.45, 7) is 2.63. The SMILES string of the molecule is C[C@@H](N)Cn1ccc2c(Cl)c(F)ccc21. The van der Waals surface area contributed by atoms with Crippen LogP contribution in [0.25, 0.3) is 10.9 Å². The zero-order valence-corrected chi connectivity index (χ0v) is 9.13. The maximum atomic E-state index is 13.2. The monoisotopic (exact) mass is 226 g/mol. The van der Waals surface area contributed by atoms with Crippen molar-refractivity contribution in [3.63, 3.8) is 0 Å². The molecular weight excluding hydrogens is 215 g/mol. The lowest BCUT2D eigenvalue weighted by molar-refractivity contribution is 0.604. The molecule has 15 heavy (non-hydrogen) atoms. The minimum absolute atomic E-state index is 0.0597. The second-order valence-electron chi connectivity index (χ2n) is 3.74. The van der Waals surface area contributed by atoms with Gasteiger partial charge in [-0.15, -0.1) is 0 Å². The molecule has 2 rings (SSSR count).